The second kappa shape index (κ2) is 9.65. The van der Waals surface area contributed by atoms with E-state index in [-0.39, 0.29) is 17.6 Å². The van der Waals surface area contributed by atoms with Crippen LogP contribution in [-0.2, 0) is 21.0 Å². The molecule has 0 aromatic heterocycles. The van der Waals surface area contributed by atoms with E-state index in [1.807, 2.05) is 12.1 Å². The Hall–Kier alpha value is -3.86. The first-order valence-corrected chi connectivity index (χ1v) is 12.3. The highest BCUT2D eigenvalue weighted by Crippen LogP contribution is 2.36. The summed E-state index contributed by atoms with van der Waals surface area (Å²) in [4.78, 5) is 11.4. The van der Waals surface area contributed by atoms with Crippen LogP contribution in [0.1, 0.15) is 36.1 Å². The molecule has 11 heteroatoms. The van der Waals surface area contributed by atoms with Gasteiger partial charge in [0.15, 0.2) is 0 Å². The van der Waals surface area contributed by atoms with E-state index >= 15 is 0 Å². The van der Waals surface area contributed by atoms with Crippen molar-refractivity contribution < 1.29 is 31.1 Å². The van der Waals surface area contributed by atoms with E-state index in [0.29, 0.717) is 23.4 Å². The minimum absolute atomic E-state index is 0.0875. The number of nitrogens with zero attached hydrogens (tertiary/aromatic N) is 2. The average molecular weight is 518 g/mol. The number of anilines is 1. The molecule has 1 atom stereocenters. The molecule has 0 radical (unpaired) electrons. The first-order valence-electron chi connectivity index (χ1n) is 10.8. The molecule has 1 aliphatic rings. The Morgan fingerprint density at radius 1 is 1.03 bits per heavy atom. The third-order valence-corrected chi connectivity index (χ3v) is 7.13. The van der Waals surface area contributed by atoms with Crippen molar-refractivity contribution in [2.24, 2.45) is 5.10 Å². The van der Waals surface area contributed by atoms with Crippen LogP contribution in [0.4, 0.5) is 18.9 Å². The van der Waals surface area contributed by atoms with Crippen LogP contribution in [0, 0.1) is 0 Å². The quantitative estimate of drug-likeness (QED) is 0.486. The van der Waals surface area contributed by atoms with Crippen molar-refractivity contribution in [3.8, 4) is 5.75 Å². The summed E-state index contributed by atoms with van der Waals surface area (Å²) in [5.41, 5.74) is 0.976. The van der Waals surface area contributed by atoms with E-state index in [1.165, 1.54) is 30.1 Å². The average Bonchev–Trinajstić information content (AvgIpc) is 3.30. The summed E-state index contributed by atoms with van der Waals surface area (Å²) in [7, 11) is -2.93. The first kappa shape index (κ1) is 25.2. The number of rotatable bonds is 6. The molecule has 1 amide bonds. The van der Waals surface area contributed by atoms with Gasteiger partial charge in [-0.1, -0.05) is 36.4 Å². The molecule has 36 heavy (non-hydrogen) atoms. The summed E-state index contributed by atoms with van der Waals surface area (Å²) >= 11 is 0. The van der Waals surface area contributed by atoms with Crippen LogP contribution in [0.2, 0.25) is 0 Å². The van der Waals surface area contributed by atoms with Gasteiger partial charge in [0.25, 0.3) is 10.0 Å². The maximum Gasteiger partial charge on any atom is 0.417 e. The Morgan fingerprint density at radius 2 is 1.67 bits per heavy atom. The lowest BCUT2D eigenvalue weighted by Gasteiger charge is -2.20. The monoisotopic (exact) mass is 517 g/mol. The predicted octanol–water partition coefficient (Wildman–Crippen LogP) is 5.21. The minimum atomic E-state index is -4.82. The fourth-order valence-corrected chi connectivity index (χ4v) is 5.22. The first-order chi connectivity index (χ1) is 17.0. The molecule has 3 aromatic carbocycles. The number of benzene rings is 3. The minimum Gasteiger partial charge on any atom is -0.497 e. The molecule has 0 spiro atoms. The highest BCUT2D eigenvalue weighted by molar-refractivity contribution is 7.92. The van der Waals surface area contributed by atoms with Gasteiger partial charge < -0.3 is 4.74 Å². The summed E-state index contributed by atoms with van der Waals surface area (Å²) in [5, 5.41) is 5.84. The van der Waals surface area contributed by atoms with Gasteiger partial charge in [-0.25, -0.2) is 13.4 Å². The molecule has 1 N–H and O–H groups in total. The van der Waals surface area contributed by atoms with Gasteiger partial charge in [-0.2, -0.15) is 18.3 Å². The van der Waals surface area contributed by atoms with Gasteiger partial charge in [-0.15, -0.1) is 0 Å². The number of carbonyl (C=O) groups is 1. The number of halogens is 3. The molecule has 0 saturated heterocycles. The lowest BCUT2D eigenvalue weighted by atomic mass is 9.98. The number of sulfonamides is 1. The number of hydrogen-bond donors (Lipinski definition) is 1. The molecule has 3 aromatic rings. The van der Waals surface area contributed by atoms with Crippen molar-refractivity contribution >= 4 is 27.3 Å². The van der Waals surface area contributed by atoms with Gasteiger partial charge in [-0.3, -0.25) is 9.52 Å². The van der Waals surface area contributed by atoms with Gasteiger partial charge in [0.2, 0.25) is 5.91 Å². The molecule has 0 saturated carbocycles. The zero-order valence-corrected chi connectivity index (χ0v) is 20.1. The van der Waals surface area contributed by atoms with Crippen molar-refractivity contribution in [1.82, 2.24) is 5.01 Å². The van der Waals surface area contributed by atoms with Crippen molar-refractivity contribution in [3.05, 3.63) is 89.5 Å². The molecule has 0 fully saturated rings. The van der Waals surface area contributed by atoms with Crippen LogP contribution >= 0.6 is 0 Å². The third-order valence-electron chi connectivity index (χ3n) is 5.69. The lowest BCUT2D eigenvalue weighted by Crippen LogP contribution is -2.24. The van der Waals surface area contributed by atoms with Crippen molar-refractivity contribution in [1.29, 1.82) is 0 Å². The molecular weight excluding hydrogens is 495 g/mol. The molecule has 0 aliphatic carbocycles. The smallest absolute Gasteiger partial charge is 0.417 e. The molecule has 7 nitrogen and oxygen atoms in total. The highest BCUT2D eigenvalue weighted by Gasteiger charge is 2.37. The summed E-state index contributed by atoms with van der Waals surface area (Å²) in [6.07, 6.45) is -4.39. The molecule has 1 aliphatic heterocycles. The number of alkyl halides is 3. The van der Waals surface area contributed by atoms with E-state index < -0.39 is 26.7 Å². The fraction of sp³-hybridized carbons (Fsp3) is 0.200. The second-order valence-corrected chi connectivity index (χ2v) is 9.73. The van der Waals surface area contributed by atoms with E-state index in [2.05, 4.69) is 9.82 Å². The van der Waals surface area contributed by atoms with Gasteiger partial charge in [0.05, 0.1) is 29.3 Å². The van der Waals surface area contributed by atoms with E-state index in [9.17, 15) is 26.4 Å². The number of hydrazone groups is 1. The van der Waals surface area contributed by atoms with Gasteiger partial charge in [0.1, 0.15) is 5.75 Å². The van der Waals surface area contributed by atoms with E-state index in [0.717, 1.165) is 23.8 Å². The zero-order valence-electron chi connectivity index (χ0n) is 19.3. The number of ether oxygens (including phenoxy) is 1. The number of hydrogen-bond acceptors (Lipinski definition) is 5. The van der Waals surface area contributed by atoms with Crippen LogP contribution < -0.4 is 9.46 Å². The van der Waals surface area contributed by atoms with Crippen LogP contribution in [0.25, 0.3) is 0 Å². The molecule has 188 valence electrons. The summed E-state index contributed by atoms with van der Waals surface area (Å²) < 4.78 is 72.6. The van der Waals surface area contributed by atoms with Crippen molar-refractivity contribution in [3.63, 3.8) is 0 Å². The largest absolute Gasteiger partial charge is 0.497 e. The molecule has 1 unspecified atom stereocenters. The maximum absolute atomic E-state index is 13.3. The zero-order chi connectivity index (χ0) is 26.1. The normalized spacial score (nSPS) is 16.0. The Kier molecular flexibility index (Phi) is 6.77. The molecule has 4 rings (SSSR count). The summed E-state index contributed by atoms with van der Waals surface area (Å²) in [6, 6.07) is 17.0. The molecule has 0 bridgehead atoms. The number of methoxy groups -OCH3 is 1. The molecule has 1 heterocycles. The number of nitrogens with one attached hydrogen (secondary N) is 1. The Morgan fingerprint density at radius 3 is 2.25 bits per heavy atom. The Balaban J connectivity index is 1.55. The molecular formula is C25H22F3N3O4S. The van der Waals surface area contributed by atoms with Crippen molar-refractivity contribution in [2.75, 3.05) is 11.8 Å². The van der Waals surface area contributed by atoms with Crippen molar-refractivity contribution in [2.45, 2.75) is 30.5 Å². The van der Waals surface area contributed by atoms with Crippen LogP contribution in [-0.4, -0.2) is 32.2 Å². The second-order valence-electron chi connectivity index (χ2n) is 8.08. The topological polar surface area (TPSA) is 88.1 Å². The van der Waals surface area contributed by atoms with Gasteiger partial charge >= 0.3 is 6.18 Å². The predicted molar refractivity (Wildman–Crippen MR) is 128 cm³/mol. The van der Waals surface area contributed by atoms with Crippen LogP contribution in [0.3, 0.4) is 0 Å². The highest BCUT2D eigenvalue weighted by atomic mass is 32.2. The fourth-order valence-electron chi connectivity index (χ4n) is 3.94. The third kappa shape index (κ3) is 5.20. The standard InChI is InChI=1S/C25H22F3N3O4S/c1-16(32)31-23(18-9-13-20(35-2)14-10-18)15-22(29-31)17-7-11-19(12-8-17)30-36(33,34)24-6-4-3-5-21(24)25(26,27)28/h3-14,23,30H,15H2,1-2H3. The van der Waals surface area contributed by atoms with Crippen LogP contribution in [0.15, 0.2) is 82.8 Å². The van der Waals surface area contributed by atoms with Gasteiger partial charge in [0, 0.05) is 19.0 Å². The van der Waals surface area contributed by atoms with E-state index in [4.69, 9.17) is 4.74 Å². The van der Waals surface area contributed by atoms with Gasteiger partial charge in [-0.05, 0) is 47.5 Å². The SMILES string of the molecule is COc1ccc(C2CC(c3ccc(NS(=O)(=O)c4ccccc4C(F)(F)F)cc3)=NN2C(C)=O)cc1. The maximum atomic E-state index is 13.3. The Labute approximate surface area is 206 Å². The lowest BCUT2D eigenvalue weighted by molar-refractivity contribution is -0.139. The summed E-state index contributed by atoms with van der Waals surface area (Å²) in [5.74, 6) is 0.446. The van der Waals surface area contributed by atoms with E-state index in [1.54, 1.807) is 31.4 Å². The summed E-state index contributed by atoms with van der Waals surface area (Å²) in [6.45, 7) is 1.42. The number of amides is 1. The Bertz CT molecular complexity index is 1400. The van der Waals surface area contributed by atoms with Crippen LogP contribution in [0.5, 0.6) is 5.75 Å². The number of carbonyl (C=O) groups excluding carboxylic acids is 1.